The molecule has 1 aliphatic heterocycles. The van der Waals surface area contributed by atoms with Gasteiger partial charge in [0.15, 0.2) is 0 Å². The second-order valence-electron chi connectivity index (χ2n) is 15.8. The third-order valence-corrected chi connectivity index (χ3v) is 12.9. The van der Waals surface area contributed by atoms with Crippen molar-refractivity contribution in [2.45, 2.75) is 31.6 Å². The van der Waals surface area contributed by atoms with Crippen LogP contribution in [0.5, 0.6) is 0 Å². The first kappa shape index (κ1) is 31.8. The maximum atomic E-state index is 4.13. The molecule has 0 radical (unpaired) electrons. The van der Waals surface area contributed by atoms with E-state index in [2.05, 4.69) is 206 Å². The predicted octanol–water partition coefficient (Wildman–Crippen LogP) is 13.5. The molecule has 11 rings (SSSR count). The van der Waals surface area contributed by atoms with Gasteiger partial charge in [0.1, 0.15) is 0 Å². The topological polar surface area (TPSA) is 9.86 Å². The van der Waals surface area contributed by atoms with Gasteiger partial charge in [0.2, 0.25) is 0 Å². The maximum Gasteiger partial charge on any atom is 0.0745 e. The normalized spacial score (nSPS) is 17.1. The van der Waals surface area contributed by atoms with Gasteiger partial charge >= 0.3 is 0 Å². The third-order valence-electron chi connectivity index (χ3n) is 12.9. The lowest BCUT2D eigenvalue weighted by molar-refractivity contribution is 0.546. The third kappa shape index (κ3) is 4.09. The summed E-state index contributed by atoms with van der Waals surface area (Å²) in [6.07, 6.45) is 6.39. The number of para-hydroxylation sites is 5. The second-order valence-corrected chi connectivity index (χ2v) is 15.8. The minimum absolute atomic E-state index is 0.201. The molecule has 0 fully saturated rings. The van der Waals surface area contributed by atoms with Crippen molar-refractivity contribution >= 4 is 43.6 Å². The van der Waals surface area contributed by atoms with E-state index in [0.717, 1.165) is 5.69 Å². The number of aromatic nitrogens is 2. The van der Waals surface area contributed by atoms with E-state index >= 15 is 0 Å². The summed E-state index contributed by atoms with van der Waals surface area (Å²) in [7, 11) is 0. The molecule has 262 valence electrons. The fourth-order valence-corrected chi connectivity index (χ4v) is 10.2. The van der Waals surface area contributed by atoms with Crippen LogP contribution < -0.4 is 0 Å². The van der Waals surface area contributed by atoms with E-state index in [1.807, 2.05) is 6.08 Å². The molecule has 1 spiro atoms. The standard InChI is InChI=1S/C53H40N2/c1-5-6-20-42-34(2)52(3,4)43-32-29-36(35-27-30-37(31-28-35)54-47-23-11-7-16-38(47)39-17-8-12-24-48(39)54)33-46(43)53(42)44-21-10-14-26-50(44)55-49-25-13-9-18-40(49)41-19-15-22-45(53)51(41)55/h5-33H,1H2,2-4H3/b20-6-. The number of nitrogens with zero attached hydrogens (tertiary/aromatic N) is 2. The van der Waals surface area contributed by atoms with Crippen molar-refractivity contribution in [3.8, 4) is 22.5 Å². The Labute approximate surface area is 321 Å². The van der Waals surface area contributed by atoms with E-state index in [4.69, 9.17) is 0 Å². The van der Waals surface area contributed by atoms with Crippen molar-refractivity contribution in [3.05, 3.63) is 216 Å². The van der Waals surface area contributed by atoms with Crippen molar-refractivity contribution in [2.75, 3.05) is 0 Å². The average molecular weight is 705 g/mol. The summed E-state index contributed by atoms with van der Waals surface area (Å²) in [4.78, 5) is 0. The highest BCUT2D eigenvalue weighted by Crippen LogP contribution is 2.61. The smallest absolute Gasteiger partial charge is 0.0745 e. The van der Waals surface area contributed by atoms with Gasteiger partial charge in [0, 0.05) is 32.6 Å². The number of benzene rings is 7. The van der Waals surface area contributed by atoms with Gasteiger partial charge in [-0.3, -0.25) is 0 Å². The first-order valence-electron chi connectivity index (χ1n) is 19.3. The Bertz CT molecular complexity index is 3090. The lowest BCUT2D eigenvalue weighted by Gasteiger charge is -2.50. The van der Waals surface area contributed by atoms with Crippen molar-refractivity contribution in [2.24, 2.45) is 0 Å². The Morgan fingerprint density at radius 3 is 1.76 bits per heavy atom. The van der Waals surface area contributed by atoms with Gasteiger partial charge in [0.25, 0.3) is 0 Å². The van der Waals surface area contributed by atoms with Crippen LogP contribution in [0.4, 0.5) is 0 Å². The largest absolute Gasteiger partial charge is 0.309 e. The van der Waals surface area contributed by atoms with Crippen molar-refractivity contribution in [3.63, 3.8) is 0 Å². The quantitative estimate of drug-likeness (QED) is 0.161. The minimum atomic E-state index is -0.562. The number of allylic oxidation sites excluding steroid dienone is 5. The first-order chi connectivity index (χ1) is 26.9. The molecule has 3 heterocycles. The number of fused-ring (bicyclic) bond motifs is 12. The average Bonchev–Trinajstić information content (AvgIpc) is 3.75. The van der Waals surface area contributed by atoms with Gasteiger partial charge in [-0.2, -0.15) is 0 Å². The SMILES string of the molecule is C=C/C=C\C1=C(C)C(C)(C)c2ccc(-c3ccc(-n4c5ccccc5c5ccccc54)cc3)cc2C12c1ccccc1-n1c3ccccc3c3cccc2c31. The molecule has 1 unspecified atom stereocenters. The fourth-order valence-electron chi connectivity index (χ4n) is 10.2. The van der Waals surface area contributed by atoms with E-state index in [1.165, 1.54) is 93.8 Å². The van der Waals surface area contributed by atoms with Gasteiger partial charge in [-0.05, 0) is 88.3 Å². The summed E-state index contributed by atoms with van der Waals surface area (Å²) in [5, 5.41) is 5.12. The zero-order valence-electron chi connectivity index (χ0n) is 31.3. The monoisotopic (exact) mass is 704 g/mol. The van der Waals surface area contributed by atoms with Crippen LogP contribution >= 0.6 is 0 Å². The molecule has 0 bridgehead atoms. The highest BCUT2D eigenvalue weighted by atomic mass is 15.0. The van der Waals surface area contributed by atoms with Crippen LogP contribution in [-0.4, -0.2) is 9.13 Å². The molecule has 2 aromatic heterocycles. The molecule has 0 N–H and O–H groups in total. The summed E-state index contributed by atoms with van der Waals surface area (Å²) < 4.78 is 4.91. The van der Waals surface area contributed by atoms with Gasteiger partial charge in [-0.1, -0.05) is 159 Å². The highest BCUT2D eigenvalue weighted by molar-refractivity contribution is 6.12. The minimum Gasteiger partial charge on any atom is -0.309 e. The molecular weight excluding hydrogens is 665 g/mol. The van der Waals surface area contributed by atoms with Crippen molar-refractivity contribution < 1.29 is 0 Å². The van der Waals surface area contributed by atoms with Gasteiger partial charge < -0.3 is 9.13 Å². The summed E-state index contributed by atoms with van der Waals surface area (Å²) >= 11 is 0. The van der Waals surface area contributed by atoms with Crippen LogP contribution in [0, 0.1) is 0 Å². The molecule has 1 aliphatic carbocycles. The van der Waals surface area contributed by atoms with E-state index < -0.39 is 5.41 Å². The Kier molecular flexibility index (Phi) is 6.62. The van der Waals surface area contributed by atoms with E-state index in [-0.39, 0.29) is 5.41 Å². The fraction of sp³-hybridized carbons (Fsp3) is 0.0943. The molecule has 0 saturated heterocycles. The molecule has 2 heteroatoms. The first-order valence-corrected chi connectivity index (χ1v) is 19.3. The van der Waals surface area contributed by atoms with Crippen LogP contribution in [0.3, 0.4) is 0 Å². The predicted molar refractivity (Wildman–Crippen MR) is 232 cm³/mol. The molecular formula is C53H40N2. The van der Waals surface area contributed by atoms with Gasteiger partial charge in [0.05, 0.1) is 33.2 Å². The second kappa shape index (κ2) is 11.4. The molecule has 1 atom stereocenters. The van der Waals surface area contributed by atoms with E-state index in [1.54, 1.807) is 0 Å². The number of rotatable bonds is 4. The van der Waals surface area contributed by atoms with Crippen LogP contribution in [0.15, 0.2) is 194 Å². The van der Waals surface area contributed by atoms with Crippen LogP contribution in [0.2, 0.25) is 0 Å². The number of hydrogen-bond acceptors (Lipinski definition) is 0. The molecule has 2 nitrogen and oxygen atoms in total. The highest BCUT2D eigenvalue weighted by Gasteiger charge is 2.52. The van der Waals surface area contributed by atoms with Gasteiger partial charge in [-0.15, -0.1) is 0 Å². The maximum absolute atomic E-state index is 4.13. The Hall–Kier alpha value is -6.64. The number of hydrogen-bond donors (Lipinski definition) is 0. The van der Waals surface area contributed by atoms with Crippen LogP contribution in [-0.2, 0) is 10.8 Å². The molecule has 0 saturated carbocycles. The zero-order chi connectivity index (χ0) is 37.1. The summed E-state index contributed by atoms with van der Waals surface area (Å²) in [6, 6.07) is 58.8. The molecule has 55 heavy (non-hydrogen) atoms. The van der Waals surface area contributed by atoms with Crippen LogP contribution in [0.1, 0.15) is 43.0 Å². The summed E-state index contributed by atoms with van der Waals surface area (Å²) in [5.74, 6) is 0. The molecule has 2 aliphatic rings. The molecule has 0 amide bonds. The van der Waals surface area contributed by atoms with Crippen LogP contribution in [0.25, 0.3) is 66.1 Å². The lowest BCUT2D eigenvalue weighted by atomic mass is 9.53. The Morgan fingerprint density at radius 2 is 1.07 bits per heavy atom. The lowest BCUT2D eigenvalue weighted by Crippen LogP contribution is -2.43. The summed E-state index contributed by atoms with van der Waals surface area (Å²) in [6.45, 7) is 11.3. The van der Waals surface area contributed by atoms with Gasteiger partial charge in [-0.25, -0.2) is 0 Å². The molecule has 7 aromatic carbocycles. The van der Waals surface area contributed by atoms with Crippen molar-refractivity contribution in [1.82, 2.24) is 9.13 Å². The van der Waals surface area contributed by atoms with E-state index in [9.17, 15) is 0 Å². The van der Waals surface area contributed by atoms with Crippen molar-refractivity contribution in [1.29, 1.82) is 0 Å². The molecule has 9 aromatic rings. The Balaban J connectivity index is 1.19. The Morgan fingerprint density at radius 1 is 0.509 bits per heavy atom. The van der Waals surface area contributed by atoms with E-state index in [0.29, 0.717) is 0 Å². The zero-order valence-corrected chi connectivity index (χ0v) is 31.3. The summed E-state index contributed by atoms with van der Waals surface area (Å²) in [5.41, 5.74) is 17.0.